The first-order chi connectivity index (χ1) is 16.1. The fraction of sp³-hybridized carbons (Fsp3) is 0.222. The number of nitrogens with one attached hydrogen (secondary N) is 1. The van der Waals surface area contributed by atoms with Crippen molar-refractivity contribution >= 4 is 17.4 Å². The number of nitrogens with zero attached hydrogens (tertiary/aromatic N) is 1. The van der Waals surface area contributed by atoms with E-state index in [4.69, 9.17) is 4.74 Å². The highest BCUT2D eigenvalue weighted by molar-refractivity contribution is 6.46. The third-order valence-corrected chi connectivity index (χ3v) is 5.65. The number of ether oxygens (including phenoxy) is 1. The fourth-order valence-electron chi connectivity index (χ4n) is 3.93. The van der Waals surface area contributed by atoms with Gasteiger partial charge in [-0.15, -0.1) is 0 Å². The number of hydrogen-bond donors (Lipinski definition) is 0. The molecule has 4 rings (SSSR count). The van der Waals surface area contributed by atoms with Crippen molar-refractivity contribution in [1.29, 1.82) is 0 Å². The zero-order valence-electron chi connectivity index (χ0n) is 18.5. The topological polar surface area (TPSA) is 83.8 Å². The molecule has 0 bridgehead atoms. The van der Waals surface area contributed by atoms with Gasteiger partial charge in [0.05, 0.1) is 19.2 Å². The van der Waals surface area contributed by atoms with Gasteiger partial charge in [-0.05, 0) is 35.7 Å². The zero-order valence-corrected chi connectivity index (χ0v) is 18.5. The molecule has 1 aromatic heterocycles. The van der Waals surface area contributed by atoms with Crippen LogP contribution < -0.4 is 14.8 Å². The highest BCUT2D eigenvalue weighted by Gasteiger charge is 2.44. The maximum absolute atomic E-state index is 13.5. The van der Waals surface area contributed by atoms with Crippen molar-refractivity contribution in [3.8, 4) is 5.75 Å². The molecule has 0 spiro atoms. The number of pyridine rings is 1. The Morgan fingerprint density at radius 2 is 1.79 bits per heavy atom. The minimum Gasteiger partial charge on any atom is -0.872 e. The number of aromatic nitrogens is 1. The van der Waals surface area contributed by atoms with E-state index in [-0.39, 0.29) is 12.1 Å². The summed E-state index contributed by atoms with van der Waals surface area (Å²) in [5.74, 6) is -1.20. The van der Waals surface area contributed by atoms with Crippen LogP contribution in [-0.4, -0.2) is 23.2 Å². The first kappa shape index (κ1) is 22.3. The summed E-state index contributed by atoms with van der Waals surface area (Å²) in [6, 6.07) is 18.9. The van der Waals surface area contributed by atoms with Gasteiger partial charge in [0.15, 0.2) is 12.4 Å². The molecular weight excluding hydrogens is 416 g/mol. The Morgan fingerprint density at radius 3 is 2.45 bits per heavy atom. The SMILES string of the molecule is CCCCOc1ccc(C([O-])=C2C(=O)C(=O)N(Cc3ccc[nH+]c3)C2c2ccccc2)cc1. The Kier molecular flexibility index (Phi) is 6.83. The van der Waals surface area contributed by atoms with Crippen LogP contribution in [0, 0.1) is 0 Å². The van der Waals surface area contributed by atoms with Crippen LogP contribution in [0.25, 0.3) is 5.76 Å². The second-order valence-electron chi connectivity index (χ2n) is 7.96. The Labute approximate surface area is 193 Å². The number of H-pyrrole nitrogens is 1. The third-order valence-electron chi connectivity index (χ3n) is 5.65. The lowest BCUT2D eigenvalue weighted by atomic mass is 9.95. The van der Waals surface area contributed by atoms with E-state index in [0.29, 0.717) is 17.9 Å². The predicted octanol–water partition coefficient (Wildman–Crippen LogP) is 3.10. The number of benzene rings is 2. The highest BCUT2D eigenvalue weighted by Crippen LogP contribution is 2.39. The number of likely N-dealkylation sites (tertiary alicyclic amines) is 1. The number of unbranched alkanes of at least 4 members (excludes halogenated alkanes) is 1. The lowest BCUT2D eigenvalue weighted by Crippen LogP contribution is -2.29. The van der Waals surface area contributed by atoms with E-state index in [9.17, 15) is 14.7 Å². The van der Waals surface area contributed by atoms with Crippen LogP contribution in [-0.2, 0) is 16.1 Å². The molecule has 3 aromatic rings. The number of hydrogen-bond acceptors (Lipinski definition) is 4. The number of amides is 1. The lowest BCUT2D eigenvalue weighted by Gasteiger charge is -2.27. The van der Waals surface area contributed by atoms with Gasteiger partial charge in [0.2, 0.25) is 5.78 Å². The summed E-state index contributed by atoms with van der Waals surface area (Å²) in [6.07, 6.45) is 5.52. The van der Waals surface area contributed by atoms with Crippen LogP contribution in [0.2, 0.25) is 0 Å². The summed E-state index contributed by atoms with van der Waals surface area (Å²) in [6.45, 7) is 2.91. The smallest absolute Gasteiger partial charge is 0.295 e. The maximum atomic E-state index is 13.5. The van der Waals surface area contributed by atoms with Crippen molar-refractivity contribution in [2.75, 3.05) is 6.61 Å². The Bertz CT molecular complexity index is 1140. The fourth-order valence-corrected chi connectivity index (χ4v) is 3.93. The second kappa shape index (κ2) is 10.1. The standard InChI is InChI=1S/C27H26N2O4/c1-2-3-16-33-22-13-11-21(12-14-22)25(30)23-24(20-9-5-4-6-10-20)29(27(32)26(23)31)18-19-8-7-15-28-17-19/h4-15,17,24,30H,2-3,16,18H2,1H3. The van der Waals surface area contributed by atoms with Crippen molar-refractivity contribution in [1.82, 2.24) is 4.90 Å². The average molecular weight is 443 g/mol. The summed E-state index contributed by atoms with van der Waals surface area (Å²) in [5.41, 5.74) is 1.89. The van der Waals surface area contributed by atoms with Crippen molar-refractivity contribution in [3.05, 3.63) is 101 Å². The van der Waals surface area contributed by atoms with Gasteiger partial charge in [-0.3, -0.25) is 9.59 Å². The average Bonchev–Trinajstić information content (AvgIpc) is 3.10. The van der Waals surface area contributed by atoms with E-state index in [1.165, 1.54) is 4.90 Å². The van der Waals surface area contributed by atoms with Crippen LogP contribution in [0.3, 0.4) is 0 Å². The molecular formula is C27H26N2O4. The molecule has 1 unspecified atom stereocenters. The minimum atomic E-state index is -0.753. The Balaban J connectivity index is 1.72. The van der Waals surface area contributed by atoms with Crippen LogP contribution in [0.5, 0.6) is 5.75 Å². The van der Waals surface area contributed by atoms with E-state index in [2.05, 4.69) is 11.9 Å². The number of Topliss-reactive ketones (excluding diaryl/α,β-unsaturated/α-hetero) is 1. The molecule has 33 heavy (non-hydrogen) atoms. The number of aromatic amines is 1. The van der Waals surface area contributed by atoms with Crippen molar-refractivity contribution in [2.24, 2.45) is 0 Å². The molecule has 2 heterocycles. The van der Waals surface area contributed by atoms with Gasteiger partial charge in [0.1, 0.15) is 5.75 Å². The van der Waals surface area contributed by atoms with E-state index >= 15 is 0 Å². The molecule has 1 atom stereocenters. The number of rotatable bonds is 8. The van der Waals surface area contributed by atoms with Crippen molar-refractivity contribution in [3.63, 3.8) is 0 Å². The van der Waals surface area contributed by atoms with Gasteiger partial charge in [0.25, 0.3) is 5.91 Å². The molecule has 0 aliphatic carbocycles. The molecule has 1 saturated heterocycles. The van der Waals surface area contributed by atoms with Crippen molar-refractivity contribution in [2.45, 2.75) is 32.4 Å². The summed E-state index contributed by atoms with van der Waals surface area (Å²) < 4.78 is 5.67. The molecule has 6 heteroatoms. The Morgan fingerprint density at radius 1 is 1.03 bits per heavy atom. The molecule has 1 amide bonds. The molecule has 6 nitrogen and oxygen atoms in total. The quantitative estimate of drug-likeness (QED) is 0.232. The largest absolute Gasteiger partial charge is 0.872 e. The molecule has 1 aliphatic heterocycles. The molecule has 2 aromatic carbocycles. The summed E-state index contributed by atoms with van der Waals surface area (Å²) in [7, 11) is 0. The predicted molar refractivity (Wildman–Crippen MR) is 122 cm³/mol. The van der Waals surface area contributed by atoms with Gasteiger partial charge < -0.3 is 14.7 Å². The maximum Gasteiger partial charge on any atom is 0.295 e. The highest BCUT2D eigenvalue weighted by atomic mass is 16.5. The van der Waals surface area contributed by atoms with E-state index in [1.807, 2.05) is 42.5 Å². The molecule has 168 valence electrons. The van der Waals surface area contributed by atoms with E-state index in [0.717, 1.165) is 24.0 Å². The number of carbonyl (C=O) groups excluding carboxylic acids is 2. The lowest BCUT2D eigenvalue weighted by molar-refractivity contribution is -0.378. The van der Waals surface area contributed by atoms with Crippen LogP contribution >= 0.6 is 0 Å². The van der Waals surface area contributed by atoms with Gasteiger partial charge in [-0.1, -0.05) is 61.6 Å². The van der Waals surface area contributed by atoms with Crippen molar-refractivity contribution < 1.29 is 24.4 Å². The Hall–Kier alpha value is -3.93. The monoisotopic (exact) mass is 442 g/mol. The van der Waals surface area contributed by atoms with Crippen LogP contribution in [0.15, 0.2) is 84.7 Å². The molecule has 0 radical (unpaired) electrons. The number of ketones is 1. The second-order valence-corrected chi connectivity index (χ2v) is 7.96. The number of carbonyl (C=O) groups is 2. The van der Waals surface area contributed by atoms with Gasteiger partial charge in [0, 0.05) is 17.2 Å². The molecule has 1 fully saturated rings. The van der Waals surface area contributed by atoms with Crippen LogP contribution in [0.4, 0.5) is 0 Å². The van der Waals surface area contributed by atoms with Gasteiger partial charge in [-0.25, -0.2) is 4.98 Å². The van der Waals surface area contributed by atoms with Crippen LogP contribution in [0.1, 0.15) is 42.5 Å². The minimum absolute atomic E-state index is 0.0224. The summed E-state index contributed by atoms with van der Waals surface area (Å²) in [4.78, 5) is 30.5. The molecule has 1 aliphatic rings. The molecule has 0 saturated carbocycles. The summed E-state index contributed by atoms with van der Waals surface area (Å²) in [5, 5.41) is 13.5. The first-order valence-corrected chi connectivity index (χ1v) is 11.1. The van der Waals surface area contributed by atoms with E-state index in [1.54, 1.807) is 36.7 Å². The zero-order chi connectivity index (χ0) is 23.2. The normalized spacial score (nSPS) is 17.4. The molecule has 1 N–H and O–H groups in total. The third kappa shape index (κ3) is 4.80. The van der Waals surface area contributed by atoms with E-state index < -0.39 is 23.5 Å². The van der Waals surface area contributed by atoms with Gasteiger partial charge in [-0.2, -0.15) is 0 Å². The van der Waals surface area contributed by atoms with Gasteiger partial charge >= 0.3 is 0 Å². The summed E-state index contributed by atoms with van der Waals surface area (Å²) >= 11 is 0. The first-order valence-electron chi connectivity index (χ1n) is 11.1.